The molecule has 0 unspecified atom stereocenters. The molecule has 0 saturated carbocycles. The van der Waals surface area contributed by atoms with E-state index in [1.807, 2.05) is 4.68 Å². The number of likely N-dealkylation sites (tertiary alicyclic amines) is 1. The summed E-state index contributed by atoms with van der Waals surface area (Å²) in [6.45, 7) is 13.5. The van der Waals surface area contributed by atoms with Gasteiger partial charge in [-0.3, -0.25) is 4.90 Å². The largest absolute Gasteiger partial charge is 0.293 e. The van der Waals surface area contributed by atoms with E-state index in [9.17, 15) is 0 Å². The minimum Gasteiger partial charge on any atom is -0.293 e. The highest BCUT2D eigenvalue weighted by atomic mass is 15.6. The van der Waals surface area contributed by atoms with Crippen molar-refractivity contribution in [3.8, 4) is 0 Å². The molecule has 0 N–H and O–H groups in total. The van der Waals surface area contributed by atoms with E-state index in [0.717, 1.165) is 12.2 Å². The topological polar surface area (TPSA) is 46.8 Å². The molecule has 0 aliphatic carbocycles. The van der Waals surface area contributed by atoms with Gasteiger partial charge in [0.15, 0.2) is 5.82 Å². The van der Waals surface area contributed by atoms with E-state index in [2.05, 4.69) is 55.0 Å². The molecule has 0 amide bonds. The second-order valence-electron chi connectivity index (χ2n) is 6.90. The Bertz CT molecular complexity index is 418. The van der Waals surface area contributed by atoms with E-state index in [1.165, 1.54) is 32.4 Å². The molecule has 2 heterocycles. The molecule has 0 bridgehead atoms. The Balaban J connectivity index is 2.33. The molecule has 1 fully saturated rings. The van der Waals surface area contributed by atoms with Crippen LogP contribution in [0.2, 0.25) is 0 Å². The SMILES string of the molecule is CCC(C)(C)n1nnnc1[C@H](C(C)C)N1CCCCC1. The van der Waals surface area contributed by atoms with Gasteiger partial charge in [-0.25, -0.2) is 4.68 Å². The molecule has 1 aliphatic rings. The minimum absolute atomic E-state index is 0.0260. The molecular weight excluding hydrogens is 250 g/mol. The lowest BCUT2D eigenvalue weighted by Gasteiger charge is -2.37. The third kappa shape index (κ3) is 3.03. The lowest BCUT2D eigenvalue weighted by molar-refractivity contribution is 0.111. The van der Waals surface area contributed by atoms with Crippen LogP contribution in [-0.2, 0) is 5.54 Å². The monoisotopic (exact) mass is 279 g/mol. The van der Waals surface area contributed by atoms with Crippen LogP contribution in [0.25, 0.3) is 0 Å². The average molecular weight is 279 g/mol. The lowest BCUT2D eigenvalue weighted by atomic mass is 9.96. The summed E-state index contributed by atoms with van der Waals surface area (Å²) >= 11 is 0. The third-order valence-corrected chi connectivity index (χ3v) is 4.61. The first-order valence-corrected chi connectivity index (χ1v) is 8.00. The fourth-order valence-electron chi connectivity index (χ4n) is 3.04. The molecule has 1 atom stereocenters. The summed E-state index contributed by atoms with van der Waals surface area (Å²) in [6.07, 6.45) is 4.96. The minimum atomic E-state index is -0.0260. The van der Waals surface area contributed by atoms with Gasteiger partial charge < -0.3 is 0 Å². The van der Waals surface area contributed by atoms with Gasteiger partial charge in [0.25, 0.3) is 0 Å². The molecule has 1 saturated heterocycles. The molecule has 5 heteroatoms. The number of aromatic nitrogens is 4. The standard InChI is InChI=1S/C15H29N5/c1-6-15(4,5)20-14(16-17-18-20)13(12(2)3)19-10-8-7-9-11-19/h12-13H,6-11H2,1-5H3/t13-/m0/s1. The maximum atomic E-state index is 4.39. The van der Waals surface area contributed by atoms with Crippen LogP contribution in [0.1, 0.15) is 72.2 Å². The molecular formula is C15H29N5. The van der Waals surface area contributed by atoms with Gasteiger partial charge in [-0.05, 0) is 62.5 Å². The van der Waals surface area contributed by atoms with E-state index in [-0.39, 0.29) is 5.54 Å². The predicted octanol–water partition coefficient (Wildman–Crippen LogP) is 3.00. The maximum absolute atomic E-state index is 4.39. The van der Waals surface area contributed by atoms with E-state index in [0.29, 0.717) is 12.0 Å². The highest BCUT2D eigenvalue weighted by Crippen LogP contribution is 2.32. The van der Waals surface area contributed by atoms with Gasteiger partial charge in [0, 0.05) is 0 Å². The van der Waals surface area contributed by atoms with Crippen molar-refractivity contribution in [1.82, 2.24) is 25.1 Å². The van der Waals surface area contributed by atoms with Crippen LogP contribution in [0.15, 0.2) is 0 Å². The Kier molecular flexibility index (Phi) is 4.78. The first-order valence-electron chi connectivity index (χ1n) is 8.00. The zero-order valence-electron chi connectivity index (χ0n) is 13.6. The van der Waals surface area contributed by atoms with Crippen LogP contribution in [-0.4, -0.2) is 38.2 Å². The van der Waals surface area contributed by atoms with Gasteiger partial charge in [0.2, 0.25) is 0 Å². The van der Waals surface area contributed by atoms with Crippen LogP contribution >= 0.6 is 0 Å². The number of nitrogens with zero attached hydrogens (tertiary/aromatic N) is 5. The first kappa shape index (κ1) is 15.4. The highest BCUT2D eigenvalue weighted by molar-refractivity contribution is 4.99. The normalized spacial score (nSPS) is 19.5. The second-order valence-corrected chi connectivity index (χ2v) is 6.90. The van der Waals surface area contributed by atoms with Crippen LogP contribution in [0.5, 0.6) is 0 Å². The second kappa shape index (κ2) is 6.20. The number of piperidine rings is 1. The van der Waals surface area contributed by atoms with Gasteiger partial charge in [0.05, 0.1) is 11.6 Å². The molecule has 5 nitrogen and oxygen atoms in total. The Hall–Kier alpha value is -0.970. The van der Waals surface area contributed by atoms with Crippen LogP contribution in [0.4, 0.5) is 0 Å². The summed E-state index contributed by atoms with van der Waals surface area (Å²) in [4.78, 5) is 2.57. The summed E-state index contributed by atoms with van der Waals surface area (Å²) < 4.78 is 2.05. The zero-order chi connectivity index (χ0) is 14.8. The van der Waals surface area contributed by atoms with Crippen molar-refractivity contribution in [3.63, 3.8) is 0 Å². The van der Waals surface area contributed by atoms with Crippen molar-refractivity contribution in [2.75, 3.05) is 13.1 Å². The fraction of sp³-hybridized carbons (Fsp3) is 0.933. The van der Waals surface area contributed by atoms with Crippen LogP contribution in [0, 0.1) is 5.92 Å². The highest BCUT2D eigenvalue weighted by Gasteiger charge is 2.33. The van der Waals surface area contributed by atoms with Gasteiger partial charge in [-0.2, -0.15) is 0 Å². The van der Waals surface area contributed by atoms with Gasteiger partial charge in [0.1, 0.15) is 0 Å². The summed E-state index contributed by atoms with van der Waals surface area (Å²) in [7, 11) is 0. The smallest absolute Gasteiger partial charge is 0.169 e. The fourth-order valence-corrected chi connectivity index (χ4v) is 3.04. The van der Waals surface area contributed by atoms with Crippen molar-refractivity contribution < 1.29 is 0 Å². The Morgan fingerprint density at radius 2 is 1.80 bits per heavy atom. The van der Waals surface area contributed by atoms with E-state index in [4.69, 9.17) is 0 Å². The van der Waals surface area contributed by atoms with E-state index < -0.39 is 0 Å². The molecule has 1 aromatic rings. The van der Waals surface area contributed by atoms with Crippen molar-refractivity contribution in [2.24, 2.45) is 5.92 Å². The van der Waals surface area contributed by atoms with Gasteiger partial charge in [-0.15, -0.1) is 5.10 Å². The Labute approximate surface area is 122 Å². The van der Waals surface area contributed by atoms with E-state index in [1.54, 1.807) is 0 Å². The summed E-state index contributed by atoms with van der Waals surface area (Å²) in [5, 5.41) is 12.6. The first-order chi connectivity index (χ1) is 9.47. The molecule has 0 radical (unpaired) electrons. The Morgan fingerprint density at radius 1 is 1.15 bits per heavy atom. The predicted molar refractivity (Wildman–Crippen MR) is 80.4 cm³/mol. The molecule has 114 valence electrons. The van der Waals surface area contributed by atoms with Crippen molar-refractivity contribution >= 4 is 0 Å². The molecule has 0 aromatic carbocycles. The third-order valence-electron chi connectivity index (χ3n) is 4.61. The summed E-state index contributed by atoms with van der Waals surface area (Å²) in [5.74, 6) is 1.55. The average Bonchev–Trinajstić information content (AvgIpc) is 2.89. The molecule has 0 spiro atoms. The number of rotatable bonds is 5. The molecule has 20 heavy (non-hydrogen) atoms. The Morgan fingerprint density at radius 3 is 2.35 bits per heavy atom. The van der Waals surface area contributed by atoms with Crippen molar-refractivity contribution in [2.45, 2.75) is 71.9 Å². The number of tetrazole rings is 1. The van der Waals surface area contributed by atoms with Crippen LogP contribution < -0.4 is 0 Å². The molecule has 1 aromatic heterocycles. The summed E-state index contributed by atoms with van der Waals surface area (Å²) in [6, 6.07) is 0.330. The van der Waals surface area contributed by atoms with E-state index >= 15 is 0 Å². The van der Waals surface area contributed by atoms with Gasteiger partial charge in [-0.1, -0.05) is 27.2 Å². The van der Waals surface area contributed by atoms with Crippen molar-refractivity contribution in [3.05, 3.63) is 5.82 Å². The lowest BCUT2D eigenvalue weighted by Crippen LogP contribution is -2.40. The van der Waals surface area contributed by atoms with Crippen LogP contribution in [0.3, 0.4) is 0 Å². The molecule has 1 aliphatic heterocycles. The maximum Gasteiger partial charge on any atom is 0.169 e. The van der Waals surface area contributed by atoms with Crippen molar-refractivity contribution in [1.29, 1.82) is 0 Å². The van der Waals surface area contributed by atoms with Gasteiger partial charge >= 0.3 is 0 Å². The number of hydrogen-bond acceptors (Lipinski definition) is 4. The number of hydrogen-bond donors (Lipinski definition) is 0. The quantitative estimate of drug-likeness (QED) is 0.831. The zero-order valence-corrected chi connectivity index (χ0v) is 13.6. The summed E-state index contributed by atoms with van der Waals surface area (Å²) in [5.41, 5.74) is -0.0260. The molecule has 2 rings (SSSR count).